The molecule has 0 spiro atoms. The third kappa shape index (κ3) is 2.37. The molecular formula is C13H12Cl2N2O. The number of nitrogen functional groups attached to an aromatic ring is 1. The maximum Gasteiger partial charge on any atom is 0.138 e. The number of anilines is 1. The van der Waals surface area contributed by atoms with Gasteiger partial charge in [0, 0.05) is 11.6 Å². The number of aryl methyl sites for hydroxylation is 1. The zero-order valence-corrected chi connectivity index (χ0v) is 11.5. The molecule has 0 aliphatic rings. The highest BCUT2D eigenvalue weighted by Crippen LogP contribution is 2.37. The van der Waals surface area contributed by atoms with Crippen LogP contribution in [0.3, 0.4) is 0 Å². The van der Waals surface area contributed by atoms with Crippen molar-refractivity contribution in [2.45, 2.75) is 6.92 Å². The molecule has 0 saturated carbocycles. The average molecular weight is 283 g/mol. The van der Waals surface area contributed by atoms with E-state index in [9.17, 15) is 0 Å². The normalized spacial score (nSPS) is 10.4. The predicted octanol–water partition coefficient (Wildman–Crippen LogP) is 3.95. The summed E-state index contributed by atoms with van der Waals surface area (Å²) in [6.07, 6.45) is 1.59. The molecule has 2 N–H and O–H groups in total. The van der Waals surface area contributed by atoms with Crippen LogP contribution >= 0.6 is 23.2 Å². The van der Waals surface area contributed by atoms with Crippen LogP contribution in [0.5, 0.6) is 5.75 Å². The van der Waals surface area contributed by atoms with Gasteiger partial charge in [-0.1, -0.05) is 23.2 Å². The molecule has 0 unspecified atom stereocenters. The molecule has 94 valence electrons. The van der Waals surface area contributed by atoms with Crippen molar-refractivity contribution in [3.05, 3.63) is 40.0 Å². The van der Waals surface area contributed by atoms with E-state index in [4.69, 9.17) is 33.7 Å². The SMILES string of the molecule is COc1cc(Cl)c(-c2ncc(N)cc2C)cc1Cl. The molecule has 0 fully saturated rings. The molecular weight excluding hydrogens is 271 g/mol. The topological polar surface area (TPSA) is 48.1 Å². The first-order valence-electron chi connectivity index (χ1n) is 5.28. The van der Waals surface area contributed by atoms with Gasteiger partial charge in [-0.05, 0) is 24.6 Å². The Morgan fingerprint density at radius 2 is 1.89 bits per heavy atom. The number of aromatic nitrogens is 1. The summed E-state index contributed by atoms with van der Waals surface area (Å²) in [4.78, 5) is 4.30. The zero-order valence-electron chi connectivity index (χ0n) is 10.00. The first-order chi connectivity index (χ1) is 8.52. The van der Waals surface area contributed by atoms with Crippen LogP contribution in [0.15, 0.2) is 24.4 Å². The third-order valence-corrected chi connectivity index (χ3v) is 3.20. The summed E-state index contributed by atoms with van der Waals surface area (Å²) in [5.74, 6) is 0.540. The number of pyridine rings is 1. The minimum Gasteiger partial charge on any atom is -0.495 e. The smallest absolute Gasteiger partial charge is 0.138 e. The fraction of sp³-hybridized carbons (Fsp3) is 0.154. The van der Waals surface area contributed by atoms with Crippen LogP contribution in [0.4, 0.5) is 5.69 Å². The number of rotatable bonds is 2. The maximum absolute atomic E-state index is 6.22. The molecule has 0 aliphatic carbocycles. The van der Waals surface area contributed by atoms with Gasteiger partial charge in [-0.3, -0.25) is 4.98 Å². The maximum atomic E-state index is 6.22. The van der Waals surface area contributed by atoms with Crippen LogP contribution in [-0.4, -0.2) is 12.1 Å². The lowest BCUT2D eigenvalue weighted by atomic mass is 10.1. The highest BCUT2D eigenvalue weighted by Gasteiger charge is 2.12. The van der Waals surface area contributed by atoms with E-state index >= 15 is 0 Å². The summed E-state index contributed by atoms with van der Waals surface area (Å²) in [6, 6.07) is 5.27. The van der Waals surface area contributed by atoms with E-state index in [-0.39, 0.29) is 0 Å². The quantitative estimate of drug-likeness (QED) is 0.907. The molecule has 18 heavy (non-hydrogen) atoms. The number of benzene rings is 1. The largest absolute Gasteiger partial charge is 0.495 e. The van der Waals surface area contributed by atoms with E-state index in [1.165, 1.54) is 0 Å². The van der Waals surface area contributed by atoms with Crippen molar-refractivity contribution >= 4 is 28.9 Å². The van der Waals surface area contributed by atoms with Gasteiger partial charge in [0.25, 0.3) is 0 Å². The molecule has 2 rings (SSSR count). The van der Waals surface area contributed by atoms with E-state index in [1.54, 1.807) is 25.4 Å². The molecule has 1 heterocycles. The summed E-state index contributed by atoms with van der Waals surface area (Å²) < 4.78 is 5.11. The molecule has 0 amide bonds. The Labute approximate surface area is 115 Å². The van der Waals surface area contributed by atoms with E-state index in [0.717, 1.165) is 16.8 Å². The minimum atomic E-state index is 0.495. The highest BCUT2D eigenvalue weighted by molar-refractivity contribution is 6.36. The summed E-state index contributed by atoms with van der Waals surface area (Å²) in [7, 11) is 1.55. The molecule has 0 aliphatic heterocycles. The third-order valence-electron chi connectivity index (χ3n) is 2.60. The van der Waals surface area contributed by atoms with Gasteiger partial charge in [0.05, 0.1) is 34.7 Å². The fourth-order valence-electron chi connectivity index (χ4n) is 1.74. The Balaban J connectivity index is 2.60. The lowest BCUT2D eigenvalue weighted by molar-refractivity contribution is 0.415. The van der Waals surface area contributed by atoms with Crippen molar-refractivity contribution in [2.75, 3.05) is 12.8 Å². The second-order valence-corrected chi connectivity index (χ2v) is 4.72. The predicted molar refractivity (Wildman–Crippen MR) is 75.4 cm³/mol. The summed E-state index contributed by atoms with van der Waals surface area (Å²) >= 11 is 12.3. The van der Waals surface area contributed by atoms with Gasteiger partial charge in [-0.15, -0.1) is 0 Å². The number of ether oxygens (including phenoxy) is 1. The number of halogens is 2. The Hall–Kier alpha value is -1.45. The van der Waals surface area contributed by atoms with Crippen LogP contribution in [0.2, 0.25) is 10.0 Å². The van der Waals surface area contributed by atoms with Crippen LogP contribution in [0.25, 0.3) is 11.3 Å². The van der Waals surface area contributed by atoms with E-state index in [0.29, 0.717) is 21.5 Å². The van der Waals surface area contributed by atoms with Gasteiger partial charge in [-0.2, -0.15) is 0 Å². The Morgan fingerprint density at radius 3 is 2.50 bits per heavy atom. The highest BCUT2D eigenvalue weighted by atomic mass is 35.5. The van der Waals surface area contributed by atoms with Gasteiger partial charge in [0.15, 0.2) is 0 Å². The molecule has 0 radical (unpaired) electrons. The second-order valence-electron chi connectivity index (χ2n) is 3.90. The molecule has 2 aromatic rings. The van der Waals surface area contributed by atoms with Crippen molar-refractivity contribution in [3.63, 3.8) is 0 Å². The molecule has 0 atom stereocenters. The van der Waals surface area contributed by atoms with Gasteiger partial charge >= 0.3 is 0 Å². The number of nitrogens with zero attached hydrogens (tertiary/aromatic N) is 1. The number of hydrogen-bond donors (Lipinski definition) is 1. The van der Waals surface area contributed by atoms with Crippen molar-refractivity contribution in [1.82, 2.24) is 4.98 Å². The van der Waals surface area contributed by atoms with Crippen molar-refractivity contribution in [2.24, 2.45) is 0 Å². The number of hydrogen-bond acceptors (Lipinski definition) is 3. The van der Waals surface area contributed by atoms with Crippen molar-refractivity contribution < 1.29 is 4.74 Å². The minimum absolute atomic E-state index is 0.495. The Morgan fingerprint density at radius 1 is 1.17 bits per heavy atom. The Bertz CT molecular complexity index is 600. The van der Waals surface area contributed by atoms with Gasteiger partial charge < -0.3 is 10.5 Å². The van der Waals surface area contributed by atoms with Crippen LogP contribution < -0.4 is 10.5 Å². The fourth-order valence-corrected chi connectivity index (χ4v) is 2.23. The molecule has 0 bridgehead atoms. The van der Waals surface area contributed by atoms with Gasteiger partial charge in [-0.25, -0.2) is 0 Å². The van der Waals surface area contributed by atoms with Crippen LogP contribution in [0.1, 0.15) is 5.56 Å². The Kier molecular flexibility index (Phi) is 3.64. The molecule has 0 saturated heterocycles. The lowest BCUT2D eigenvalue weighted by Gasteiger charge is -2.10. The van der Waals surface area contributed by atoms with Crippen LogP contribution in [0, 0.1) is 6.92 Å². The van der Waals surface area contributed by atoms with Crippen molar-refractivity contribution in [3.8, 4) is 17.0 Å². The van der Waals surface area contributed by atoms with Crippen LogP contribution in [-0.2, 0) is 0 Å². The summed E-state index contributed by atoms with van der Waals surface area (Å²) in [5.41, 5.74) is 8.76. The number of methoxy groups -OCH3 is 1. The lowest BCUT2D eigenvalue weighted by Crippen LogP contribution is -1.94. The molecule has 1 aromatic heterocycles. The zero-order chi connectivity index (χ0) is 13.3. The second kappa shape index (κ2) is 5.04. The molecule has 3 nitrogen and oxygen atoms in total. The van der Waals surface area contributed by atoms with E-state index < -0.39 is 0 Å². The standard InChI is InChI=1S/C13H12Cl2N2O/c1-7-3-8(16)6-17-13(7)9-4-11(15)12(18-2)5-10(9)14/h3-6H,16H2,1-2H3. The van der Waals surface area contributed by atoms with Crippen molar-refractivity contribution in [1.29, 1.82) is 0 Å². The average Bonchev–Trinajstić information content (AvgIpc) is 2.32. The van der Waals surface area contributed by atoms with E-state index in [1.807, 2.05) is 13.0 Å². The first kappa shape index (κ1) is 13.0. The van der Waals surface area contributed by atoms with Gasteiger partial charge in [0.2, 0.25) is 0 Å². The summed E-state index contributed by atoms with van der Waals surface area (Å²) in [5, 5.41) is 1.03. The molecule has 5 heteroatoms. The van der Waals surface area contributed by atoms with Gasteiger partial charge in [0.1, 0.15) is 5.75 Å². The van der Waals surface area contributed by atoms with E-state index in [2.05, 4.69) is 4.98 Å². The summed E-state index contributed by atoms with van der Waals surface area (Å²) in [6.45, 7) is 1.92. The first-order valence-corrected chi connectivity index (χ1v) is 6.04. The monoisotopic (exact) mass is 282 g/mol. The molecule has 1 aromatic carbocycles. The number of nitrogens with two attached hydrogens (primary N) is 1.